The van der Waals surface area contributed by atoms with Gasteiger partial charge >= 0.3 is 0 Å². The number of nitrogens with zero attached hydrogens (tertiary/aromatic N) is 3. The van der Waals surface area contributed by atoms with Crippen molar-refractivity contribution in [1.29, 1.82) is 0 Å². The number of aromatic nitrogens is 1. The number of amides is 3. The van der Waals surface area contributed by atoms with Gasteiger partial charge in [-0.05, 0) is 35.5 Å². The maximum absolute atomic E-state index is 12.6. The highest BCUT2D eigenvalue weighted by molar-refractivity contribution is 8.18. The molecule has 0 atom stereocenters. The second-order valence-corrected chi connectivity index (χ2v) is 7.90. The molecule has 1 N–H and O–H groups in total. The van der Waals surface area contributed by atoms with Crippen LogP contribution in [0.5, 0.6) is 11.5 Å². The molecular formula is C20H16N4O8S. The van der Waals surface area contributed by atoms with Crippen LogP contribution in [0.15, 0.2) is 46.2 Å². The first kappa shape index (κ1) is 22.1. The molecule has 0 aliphatic carbocycles. The molecule has 0 radical (unpaired) electrons. The minimum atomic E-state index is -0.676. The van der Waals surface area contributed by atoms with Crippen LogP contribution in [0.25, 0.3) is 6.08 Å². The van der Waals surface area contributed by atoms with Crippen LogP contribution in [0.2, 0.25) is 0 Å². The molecule has 1 aromatic carbocycles. The van der Waals surface area contributed by atoms with Crippen molar-refractivity contribution in [2.45, 2.75) is 6.54 Å². The number of hydrogen-bond acceptors (Lipinski definition) is 9. The van der Waals surface area contributed by atoms with Crippen LogP contribution >= 0.6 is 11.8 Å². The van der Waals surface area contributed by atoms with Crippen molar-refractivity contribution in [2.75, 3.05) is 19.9 Å². The number of benzene rings is 1. The van der Waals surface area contributed by atoms with Gasteiger partial charge in [0.2, 0.25) is 12.7 Å². The lowest BCUT2D eigenvalue weighted by molar-refractivity contribution is -0.385. The SMILES string of the molecule is O=C(Cn1cc([N+](=O)[O-])ccc1=O)NCCN1C(=O)S/C(=C/c2ccc3c(c2)OCO3)C1=O. The fourth-order valence-electron chi connectivity index (χ4n) is 3.12. The molecule has 3 amide bonds. The third kappa shape index (κ3) is 4.87. The van der Waals surface area contributed by atoms with E-state index < -0.39 is 34.1 Å². The van der Waals surface area contributed by atoms with Crippen LogP contribution in [0, 0.1) is 10.1 Å². The lowest BCUT2D eigenvalue weighted by atomic mass is 10.2. The highest BCUT2D eigenvalue weighted by Crippen LogP contribution is 2.36. The number of fused-ring (bicyclic) bond motifs is 1. The molecule has 33 heavy (non-hydrogen) atoms. The summed E-state index contributed by atoms with van der Waals surface area (Å²) in [4.78, 5) is 60.1. The van der Waals surface area contributed by atoms with Crippen molar-refractivity contribution in [3.63, 3.8) is 0 Å². The molecule has 0 saturated carbocycles. The average molecular weight is 472 g/mol. The average Bonchev–Trinajstić information content (AvgIpc) is 3.34. The van der Waals surface area contributed by atoms with Crippen LogP contribution in [0.4, 0.5) is 10.5 Å². The summed E-state index contributed by atoms with van der Waals surface area (Å²) in [5, 5.41) is 12.8. The van der Waals surface area contributed by atoms with Crippen molar-refractivity contribution in [3.8, 4) is 11.5 Å². The number of hydrogen-bond donors (Lipinski definition) is 1. The molecule has 0 bridgehead atoms. The molecule has 1 aromatic heterocycles. The number of thioether (sulfide) groups is 1. The number of carbonyl (C=O) groups excluding carboxylic acids is 3. The molecule has 1 saturated heterocycles. The Morgan fingerprint density at radius 2 is 1.97 bits per heavy atom. The van der Waals surface area contributed by atoms with Gasteiger partial charge in [0, 0.05) is 25.2 Å². The Labute approximate surface area is 189 Å². The van der Waals surface area contributed by atoms with Crippen LogP contribution in [0.1, 0.15) is 5.56 Å². The second-order valence-electron chi connectivity index (χ2n) is 6.91. The fraction of sp³-hybridized carbons (Fsp3) is 0.200. The number of carbonyl (C=O) groups is 3. The van der Waals surface area contributed by atoms with E-state index in [1.807, 2.05) is 0 Å². The van der Waals surface area contributed by atoms with Gasteiger partial charge in [-0.15, -0.1) is 0 Å². The van der Waals surface area contributed by atoms with E-state index in [0.717, 1.165) is 39.6 Å². The molecule has 170 valence electrons. The monoisotopic (exact) mass is 472 g/mol. The van der Waals surface area contributed by atoms with Gasteiger partial charge < -0.3 is 14.8 Å². The van der Waals surface area contributed by atoms with Crippen molar-refractivity contribution < 1.29 is 28.8 Å². The maximum atomic E-state index is 12.6. The van der Waals surface area contributed by atoms with Gasteiger partial charge in [0.15, 0.2) is 11.5 Å². The second kappa shape index (κ2) is 9.16. The van der Waals surface area contributed by atoms with Gasteiger partial charge in [0.25, 0.3) is 22.4 Å². The number of nitro groups is 1. The minimum Gasteiger partial charge on any atom is -0.454 e. The fourth-order valence-corrected chi connectivity index (χ4v) is 3.98. The highest BCUT2D eigenvalue weighted by Gasteiger charge is 2.34. The summed E-state index contributed by atoms with van der Waals surface area (Å²) in [5.41, 5.74) is -0.231. The van der Waals surface area contributed by atoms with Gasteiger partial charge in [-0.3, -0.25) is 38.8 Å². The van der Waals surface area contributed by atoms with Crippen LogP contribution in [0.3, 0.4) is 0 Å². The lowest BCUT2D eigenvalue weighted by Gasteiger charge is -2.13. The molecule has 2 aliphatic heterocycles. The van der Waals surface area contributed by atoms with E-state index in [0.29, 0.717) is 17.1 Å². The Morgan fingerprint density at radius 1 is 1.18 bits per heavy atom. The summed E-state index contributed by atoms with van der Waals surface area (Å²) in [6, 6.07) is 7.19. The number of ether oxygens (including phenoxy) is 2. The number of pyridine rings is 1. The van der Waals surface area contributed by atoms with Crippen LogP contribution in [-0.4, -0.2) is 51.3 Å². The van der Waals surface area contributed by atoms with E-state index >= 15 is 0 Å². The molecular weight excluding hydrogens is 456 g/mol. The molecule has 13 heteroatoms. The third-order valence-electron chi connectivity index (χ3n) is 4.72. The summed E-state index contributed by atoms with van der Waals surface area (Å²) in [6.07, 6.45) is 2.54. The predicted molar refractivity (Wildman–Crippen MR) is 116 cm³/mol. The van der Waals surface area contributed by atoms with E-state index in [1.165, 1.54) is 0 Å². The van der Waals surface area contributed by atoms with Crippen molar-refractivity contribution in [3.05, 3.63) is 67.5 Å². The first-order valence-electron chi connectivity index (χ1n) is 9.58. The van der Waals surface area contributed by atoms with E-state index in [1.54, 1.807) is 24.3 Å². The van der Waals surface area contributed by atoms with Crippen molar-refractivity contribution >= 4 is 40.6 Å². The number of nitrogens with one attached hydrogen (secondary N) is 1. The van der Waals surface area contributed by atoms with E-state index in [-0.39, 0.29) is 30.5 Å². The third-order valence-corrected chi connectivity index (χ3v) is 5.63. The molecule has 1 fully saturated rings. The normalized spacial score (nSPS) is 15.9. The Balaban J connectivity index is 1.33. The first-order valence-corrected chi connectivity index (χ1v) is 10.4. The van der Waals surface area contributed by atoms with Gasteiger partial charge in [-0.1, -0.05) is 6.07 Å². The van der Waals surface area contributed by atoms with E-state index in [2.05, 4.69) is 5.32 Å². The summed E-state index contributed by atoms with van der Waals surface area (Å²) >= 11 is 0.782. The Morgan fingerprint density at radius 3 is 2.76 bits per heavy atom. The summed E-state index contributed by atoms with van der Waals surface area (Å²) < 4.78 is 11.4. The van der Waals surface area contributed by atoms with E-state index in [9.17, 15) is 29.3 Å². The molecule has 2 aliphatic rings. The van der Waals surface area contributed by atoms with Gasteiger partial charge in [-0.25, -0.2) is 0 Å². The highest BCUT2D eigenvalue weighted by atomic mass is 32.2. The maximum Gasteiger partial charge on any atom is 0.293 e. The molecule has 3 heterocycles. The molecule has 12 nitrogen and oxygen atoms in total. The molecule has 2 aromatic rings. The quantitative estimate of drug-likeness (QED) is 0.358. The largest absolute Gasteiger partial charge is 0.454 e. The van der Waals surface area contributed by atoms with Crippen LogP contribution < -0.4 is 20.3 Å². The standard InChI is InChI=1S/C20H16N4O8S/c25-17(10-22-9-13(24(29)30)2-4-18(22)26)21-5-6-23-19(27)16(33-20(23)28)8-12-1-3-14-15(7-12)32-11-31-14/h1-4,7-9H,5-6,10-11H2,(H,21,25)/b16-8+. The number of rotatable bonds is 7. The summed E-state index contributed by atoms with van der Waals surface area (Å²) in [5.74, 6) is 0.0594. The van der Waals surface area contributed by atoms with Gasteiger partial charge in [-0.2, -0.15) is 0 Å². The number of imide groups is 1. The zero-order chi connectivity index (χ0) is 23.5. The topological polar surface area (TPSA) is 150 Å². The molecule has 0 unspecified atom stereocenters. The van der Waals surface area contributed by atoms with Crippen molar-refractivity contribution in [2.24, 2.45) is 0 Å². The Bertz CT molecular complexity index is 1250. The van der Waals surface area contributed by atoms with Crippen LogP contribution in [-0.2, 0) is 16.1 Å². The predicted octanol–water partition coefficient (Wildman–Crippen LogP) is 1.34. The zero-order valence-electron chi connectivity index (χ0n) is 16.9. The Kier molecular flexibility index (Phi) is 6.13. The smallest absolute Gasteiger partial charge is 0.293 e. The Hall–Kier alpha value is -4.13. The summed E-state index contributed by atoms with van der Waals surface area (Å²) in [7, 11) is 0. The van der Waals surface area contributed by atoms with Gasteiger partial charge in [0.1, 0.15) is 6.54 Å². The zero-order valence-corrected chi connectivity index (χ0v) is 17.7. The summed E-state index contributed by atoms with van der Waals surface area (Å²) in [6.45, 7) is -0.431. The van der Waals surface area contributed by atoms with E-state index in [4.69, 9.17) is 9.47 Å². The molecule has 0 spiro atoms. The van der Waals surface area contributed by atoms with Crippen molar-refractivity contribution in [1.82, 2.24) is 14.8 Å². The van der Waals surface area contributed by atoms with Gasteiger partial charge in [0.05, 0.1) is 16.0 Å². The molecule has 4 rings (SSSR count). The lowest BCUT2D eigenvalue weighted by Crippen LogP contribution is -2.39. The minimum absolute atomic E-state index is 0.0438. The first-order chi connectivity index (χ1) is 15.8.